The Morgan fingerprint density at radius 1 is 1.03 bits per heavy atom. The number of allylic oxidation sites excluding steroid dienone is 10. The van der Waals surface area contributed by atoms with Gasteiger partial charge < -0.3 is 0 Å². The fraction of sp³-hybridized carbons (Fsp3) is 0.688. The summed E-state index contributed by atoms with van der Waals surface area (Å²) in [5.74, 6) is 1.86. The molecule has 0 amide bonds. The summed E-state index contributed by atoms with van der Waals surface area (Å²) in [6, 6.07) is 0. The minimum atomic E-state index is -1.62. The van der Waals surface area contributed by atoms with E-state index in [0.717, 1.165) is 21.9 Å². The Hall–Kier alpha value is -0.430. The van der Waals surface area contributed by atoms with Crippen LogP contribution in [0.4, 0.5) is 0 Å². The van der Waals surface area contributed by atoms with E-state index < -0.39 is 21.4 Å². The monoisotopic (exact) mass is 613 g/mol. The first-order valence-corrected chi connectivity index (χ1v) is 21.3. The Kier molecular flexibility index (Phi) is 8.30. The van der Waals surface area contributed by atoms with Crippen LogP contribution in [0.3, 0.4) is 0 Å². The van der Waals surface area contributed by atoms with Crippen LogP contribution < -0.4 is 0 Å². The number of rotatable bonds is 9. The molecule has 0 spiro atoms. The summed E-state index contributed by atoms with van der Waals surface area (Å²) >= 11 is -1.62. The van der Waals surface area contributed by atoms with Crippen molar-refractivity contribution in [3.63, 3.8) is 0 Å². The van der Waals surface area contributed by atoms with Gasteiger partial charge in [0.15, 0.2) is 0 Å². The fourth-order valence-corrected chi connectivity index (χ4v) is 23.3. The maximum atomic E-state index is 2.68. The van der Waals surface area contributed by atoms with E-state index in [-0.39, 0.29) is 10.8 Å². The van der Waals surface area contributed by atoms with Crippen molar-refractivity contribution in [1.82, 2.24) is 0 Å². The Labute approximate surface area is 213 Å². The molecule has 0 radical (unpaired) electrons. The zero-order valence-corrected chi connectivity index (χ0v) is 26.1. The van der Waals surface area contributed by atoms with E-state index in [1.165, 1.54) is 44.9 Å². The van der Waals surface area contributed by atoms with E-state index in [4.69, 9.17) is 0 Å². The molecule has 0 nitrogen and oxygen atoms in total. The van der Waals surface area contributed by atoms with Crippen molar-refractivity contribution < 1.29 is 21.4 Å². The van der Waals surface area contributed by atoms with Crippen LogP contribution >= 0.6 is 0 Å². The van der Waals surface area contributed by atoms with Gasteiger partial charge in [0.1, 0.15) is 0 Å². The second-order valence-corrected chi connectivity index (χ2v) is 23.1. The van der Waals surface area contributed by atoms with Crippen LogP contribution in [0, 0.1) is 22.7 Å². The molecular weight excluding hydrogens is 563 g/mol. The maximum absolute atomic E-state index is 2.68. The van der Waals surface area contributed by atoms with Gasteiger partial charge in [-0.2, -0.15) is 0 Å². The van der Waals surface area contributed by atoms with E-state index in [2.05, 4.69) is 78.0 Å². The molecule has 0 bridgehead atoms. The second-order valence-electron chi connectivity index (χ2n) is 12.1. The van der Waals surface area contributed by atoms with E-state index in [9.17, 15) is 0 Å². The Morgan fingerprint density at radius 2 is 1.76 bits per heavy atom. The molecule has 33 heavy (non-hydrogen) atoms. The van der Waals surface area contributed by atoms with E-state index >= 15 is 0 Å². The molecule has 4 rings (SSSR count). The molecule has 4 aliphatic carbocycles. The molecule has 4 aliphatic rings. The van der Waals surface area contributed by atoms with Crippen molar-refractivity contribution in [1.29, 1.82) is 0 Å². The van der Waals surface area contributed by atoms with E-state index in [1.54, 1.807) is 37.1 Å². The van der Waals surface area contributed by atoms with Crippen LogP contribution in [0.25, 0.3) is 0 Å². The predicted octanol–water partition coefficient (Wildman–Crippen LogP) is 10.4. The summed E-state index contributed by atoms with van der Waals surface area (Å²) < 4.78 is 4.46. The summed E-state index contributed by atoms with van der Waals surface area (Å²) in [5.41, 5.74) is 7.18. The number of hydrogen-bond acceptors (Lipinski definition) is 0. The molecule has 5 atom stereocenters. The van der Waals surface area contributed by atoms with Crippen molar-refractivity contribution in [2.24, 2.45) is 22.7 Å². The third kappa shape index (κ3) is 4.83. The predicted molar refractivity (Wildman–Crippen MR) is 142 cm³/mol. The van der Waals surface area contributed by atoms with Crippen LogP contribution in [-0.4, -0.2) is 0 Å². The zero-order chi connectivity index (χ0) is 23.6. The van der Waals surface area contributed by atoms with Gasteiger partial charge in [0.25, 0.3) is 0 Å². The normalized spacial score (nSPS) is 35.6. The molecule has 0 aromatic rings. The molecule has 0 aliphatic heterocycles. The molecule has 5 unspecified atom stereocenters. The molecule has 0 heterocycles. The summed E-state index contributed by atoms with van der Waals surface area (Å²) in [6.07, 6.45) is 27.4. The second kappa shape index (κ2) is 10.7. The van der Waals surface area contributed by atoms with Crippen molar-refractivity contribution in [3.8, 4) is 0 Å². The van der Waals surface area contributed by atoms with Gasteiger partial charge in [0.2, 0.25) is 0 Å². The Balaban J connectivity index is 1.66. The summed E-state index contributed by atoms with van der Waals surface area (Å²) in [4.78, 5) is 0. The third-order valence-corrected chi connectivity index (χ3v) is 23.4. The molecule has 0 aromatic heterocycles. The average molecular weight is 612 g/mol. The van der Waals surface area contributed by atoms with Crippen molar-refractivity contribution in [3.05, 3.63) is 58.7 Å². The molecule has 1 fully saturated rings. The first kappa shape index (κ1) is 25.7. The van der Waals surface area contributed by atoms with Gasteiger partial charge in [-0.15, -0.1) is 0 Å². The third-order valence-electron chi connectivity index (χ3n) is 10.2. The van der Waals surface area contributed by atoms with E-state index in [0.29, 0.717) is 0 Å². The molecule has 0 saturated heterocycles. The zero-order valence-electron chi connectivity index (χ0n) is 22.5. The Morgan fingerprint density at radius 3 is 2.33 bits per heavy atom. The number of hydrogen-bond donors (Lipinski definition) is 0. The van der Waals surface area contributed by atoms with Crippen LogP contribution in [0.5, 0.6) is 0 Å². The summed E-state index contributed by atoms with van der Waals surface area (Å²) in [5, 5.41) is 0. The van der Waals surface area contributed by atoms with Crippen LogP contribution in [0.15, 0.2) is 58.7 Å². The number of fused-ring (bicyclic) bond motifs is 1. The van der Waals surface area contributed by atoms with Gasteiger partial charge in [-0.25, -0.2) is 0 Å². The van der Waals surface area contributed by atoms with Gasteiger partial charge in [0.05, 0.1) is 0 Å². The summed E-state index contributed by atoms with van der Waals surface area (Å²) in [7, 11) is 0. The van der Waals surface area contributed by atoms with Gasteiger partial charge in [0, 0.05) is 0 Å². The molecule has 181 valence electrons. The summed E-state index contributed by atoms with van der Waals surface area (Å²) in [6.45, 7) is 14.9. The van der Waals surface area contributed by atoms with Gasteiger partial charge >= 0.3 is 214 Å². The molecule has 1 saturated carbocycles. The first-order chi connectivity index (χ1) is 15.8. The van der Waals surface area contributed by atoms with Crippen LogP contribution in [0.1, 0.15) is 99.3 Å². The SMILES string of the molecule is CCC[CH2][Hf]([CH2]CCC)[CH]1CCC2CC(C)=C(C)C(C)(C3=CCC(C)(C4=CC=CC4)C=C3)C21. The Bertz CT molecular complexity index is 859. The topological polar surface area (TPSA) is 0 Å². The van der Waals surface area contributed by atoms with Gasteiger partial charge in [-0.05, 0) is 0 Å². The first-order valence-electron chi connectivity index (χ1n) is 14.1. The van der Waals surface area contributed by atoms with Crippen molar-refractivity contribution in [2.75, 3.05) is 0 Å². The quantitative estimate of drug-likeness (QED) is 0.180. The van der Waals surface area contributed by atoms with E-state index in [1.807, 2.05) is 0 Å². The van der Waals surface area contributed by atoms with Gasteiger partial charge in [-0.3, -0.25) is 0 Å². The number of unbranched alkanes of at least 4 members (excludes halogenated alkanes) is 2. The minimum absolute atomic E-state index is 0.212. The van der Waals surface area contributed by atoms with Crippen LogP contribution in [0.2, 0.25) is 12.0 Å². The molecule has 0 N–H and O–H groups in total. The molecule has 1 heteroatoms. The van der Waals surface area contributed by atoms with Crippen molar-refractivity contribution >= 4 is 0 Å². The fourth-order valence-electron chi connectivity index (χ4n) is 7.82. The standard InChI is InChI=1S/C24H31.2C4H9.Hf/c1-17-16-19-8-7-11-22(19)24(4,18(17)2)21-12-14-23(3,15-13-21)20-9-5-6-10-20;2*1-3-4-2;/h5-6,9,11-14,19,22H,7-8,10,15-16H2,1-4H3;2*1,3-4H2,2H3;. The van der Waals surface area contributed by atoms with Gasteiger partial charge in [-0.1, -0.05) is 0 Å². The molecule has 0 aromatic carbocycles. The average Bonchev–Trinajstić information content (AvgIpc) is 3.49. The van der Waals surface area contributed by atoms with Crippen molar-refractivity contribution in [2.45, 2.75) is 111 Å². The van der Waals surface area contributed by atoms with Crippen LogP contribution in [-0.2, 0) is 21.4 Å². The molecular formula is C32H49Hf.